The van der Waals surface area contributed by atoms with Gasteiger partial charge in [0.25, 0.3) is 0 Å². The summed E-state index contributed by atoms with van der Waals surface area (Å²) < 4.78 is 0. The number of benzene rings is 1. The molecule has 0 spiro atoms. The number of hydrogen-bond donors (Lipinski definition) is 7. The zero-order valence-corrected chi connectivity index (χ0v) is 20.3. The number of nitrogens with two attached hydrogens (primary N) is 2. The fourth-order valence-electron chi connectivity index (χ4n) is 3.01. The number of nitrogens with one attached hydrogen (secondary N) is 3. The van der Waals surface area contributed by atoms with Crippen LogP contribution in [0.1, 0.15) is 24.8 Å². The summed E-state index contributed by atoms with van der Waals surface area (Å²) in [5.74, 6) is -3.76. The van der Waals surface area contributed by atoms with Gasteiger partial charge in [-0.1, -0.05) is 30.3 Å². The summed E-state index contributed by atoms with van der Waals surface area (Å²) >= 11 is 1.42. The molecule has 0 saturated heterocycles. The minimum atomic E-state index is -1.37. The van der Waals surface area contributed by atoms with E-state index in [-0.39, 0.29) is 25.7 Å². The van der Waals surface area contributed by atoms with E-state index in [0.29, 0.717) is 5.75 Å². The van der Waals surface area contributed by atoms with Crippen LogP contribution in [0, 0.1) is 0 Å². The standard InChI is InChI=1S/C22H33N5O7S/c1-35-10-9-15(20(31)26-16(22(33)34)7-8-18(24)29)25-21(32)17(27-19(30)14(23)12-28)11-13-5-3-2-4-6-13/h2-6,14-17,28H,7-12,23H2,1H3,(H2,24,29)(H,25,32)(H,26,31)(H,27,30)(H,33,34). The Kier molecular flexibility index (Phi) is 13.4. The number of aliphatic hydroxyl groups excluding tert-OH is 1. The van der Waals surface area contributed by atoms with Gasteiger partial charge in [-0.2, -0.15) is 11.8 Å². The highest BCUT2D eigenvalue weighted by molar-refractivity contribution is 7.98. The SMILES string of the molecule is CSCCC(NC(=O)C(Cc1ccccc1)NC(=O)C(N)CO)C(=O)NC(CCC(N)=O)C(=O)O. The molecule has 0 bridgehead atoms. The third kappa shape index (κ3) is 11.2. The molecule has 0 aliphatic rings. The number of hydrogen-bond acceptors (Lipinski definition) is 8. The molecule has 12 nitrogen and oxygen atoms in total. The highest BCUT2D eigenvalue weighted by Gasteiger charge is 2.30. The van der Waals surface area contributed by atoms with Crippen molar-refractivity contribution in [2.75, 3.05) is 18.6 Å². The lowest BCUT2D eigenvalue weighted by molar-refractivity contribution is -0.142. The minimum Gasteiger partial charge on any atom is -0.480 e. The van der Waals surface area contributed by atoms with Crippen molar-refractivity contribution in [1.82, 2.24) is 16.0 Å². The van der Waals surface area contributed by atoms with Crippen LogP contribution in [0.25, 0.3) is 0 Å². The Bertz CT molecular complexity index is 871. The first-order valence-corrected chi connectivity index (χ1v) is 12.3. The van der Waals surface area contributed by atoms with Crippen molar-refractivity contribution in [3.63, 3.8) is 0 Å². The quantitative estimate of drug-likeness (QED) is 0.132. The fraction of sp³-hybridized carbons (Fsp3) is 0.500. The average molecular weight is 512 g/mol. The minimum absolute atomic E-state index is 0.0871. The largest absolute Gasteiger partial charge is 0.480 e. The monoisotopic (exact) mass is 511 g/mol. The van der Waals surface area contributed by atoms with Crippen molar-refractivity contribution in [2.24, 2.45) is 11.5 Å². The Hall–Kier alpha value is -3.16. The predicted molar refractivity (Wildman–Crippen MR) is 130 cm³/mol. The van der Waals surface area contributed by atoms with Crippen LogP contribution < -0.4 is 27.4 Å². The average Bonchev–Trinajstić information content (AvgIpc) is 2.83. The van der Waals surface area contributed by atoms with Crippen molar-refractivity contribution < 1.29 is 34.2 Å². The molecule has 0 aromatic heterocycles. The number of carbonyl (C=O) groups is 5. The van der Waals surface area contributed by atoms with Crippen molar-refractivity contribution in [2.45, 2.75) is 49.9 Å². The normalized spacial score (nSPS) is 14.1. The lowest BCUT2D eigenvalue weighted by Crippen LogP contribution is -2.58. The van der Waals surface area contributed by atoms with Crippen LogP contribution in [-0.4, -0.2) is 82.6 Å². The van der Waals surface area contributed by atoms with E-state index < -0.39 is 60.4 Å². The molecular formula is C22H33N5O7S. The van der Waals surface area contributed by atoms with Crippen LogP contribution in [-0.2, 0) is 30.4 Å². The third-order valence-corrected chi connectivity index (χ3v) is 5.63. The topological polar surface area (TPSA) is 214 Å². The highest BCUT2D eigenvalue weighted by atomic mass is 32.2. The van der Waals surface area contributed by atoms with Gasteiger partial charge in [-0.05, 0) is 30.4 Å². The Labute approximate surface area is 207 Å². The Balaban J connectivity index is 3.04. The second kappa shape index (κ2) is 15.7. The van der Waals surface area contributed by atoms with E-state index in [2.05, 4.69) is 16.0 Å². The summed E-state index contributed by atoms with van der Waals surface area (Å²) in [5.41, 5.74) is 11.4. The van der Waals surface area contributed by atoms with Crippen molar-refractivity contribution >= 4 is 41.4 Å². The Morgan fingerprint density at radius 3 is 2.03 bits per heavy atom. The Morgan fingerprint density at radius 2 is 1.49 bits per heavy atom. The summed E-state index contributed by atoms with van der Waals surface area (Å²) in [5, 5.41) is 25.9. The summed E-state index contributed by atoms with van der Waals surface area (Å²) in [4.78, 5) is 60.7. The van der Waals surface area contributed by atoms with Gasteiger partial charge < -0.3 is 37.6 Å². The maximum atomic E-state index is 13.1. The number of carboxylic acids is 1. The zero-order chi connectivity index (χ0) is 26.4. The van der Waals surface area contributed by atoms with Crippen LogP contribution in [0.4, 0.5) is 0 Å². The molecule has 194 valence electrons. The molecule has 35 heavy (non-hydrogen) atoms. The molecular weight excluding hydrogens is 478 g/mol. The van der Waals surface area contributed by atoms with Gasteiger partial charge in [-0.3, -0.25) is 19.2 Å². The first-order valence-electron chi connectivity index (χ1n) is 10.9. The number of aliphatic hydroxyl groups is 1. The number of primary amides is 1. The maximum Gasteiger partial charge on any atom is 0.326 e. The van der Waals surface area contributed by atoms with Crippen LogP contribution in [0.3, 0.4) is 0 Å². The summed E-state index contributed by atoms with van der Waals surface area (Å²) in [7, 11) is 0. The summed E-state index contributed by atoms with van der Waals surface area (Å²) in [6.45, 7) is -0.619. The van der Waals surface area contributed by atoms with Gasteiger partial charge in [0.2, 0.25) is 23.6 Å². The van der Waals surface area contributed by atoms with E-state index in [1.165, 1.54) is 11.8 Å². The number of carbonyl (C=O) groups excluding carboxylic acids is 4. The number of carboxylic acid groups (broad SMARTS) is 1. The number of aliphatic carboxylic acids is 1. The number of rotatable bonds is 16. The molecule has 0 heterocycles. The molecule has 0 saturated carbocycles. The van der Waals surface area contributed by atoms with Gasteiger partial charge in [0.1, 0.15) is 24.2 Å². The van der Waals surface area contributed by atoms with Gasteiger partial charge >= 0.3 is 5.97 Å². The van der Waals surface area contributed by atoms with Gasteiger partial charge in [0, 0.05) is 12.8 Å². The number of amides is 4. The van der Waals surface area contributed by atoms with Gasteiger partial charge in [0.05, 0.1) is 6.61 Å². The van der Waals surface area contributed by atoms with E-state index in [4.69, 9.17) is 16.6 Å². The molecule has 0 fully saturated rings. The van der Waals surface area contributed by atoms with E-state index >= 15 is 0 Å². The molecule has 1 aromatic carbocycles. The smallest absolute Gasteiger partial charge is 0.326 e. The van der Waals surface area contributed by atoms with E-state index in [1.807, 2.05) is 0 Å². The molecule has 4 amide bonds. The third-order valence-electron chi connectivity index (χ3n) is 4.99. The molecule has 1 aromatic rings. The lowest BCUT2D eigenvalue weighted by Gasteiger charge is -2.25. The van der Waals surface area contributed by atoms with E-state index in [0.717, 1.165) is 5.56 Å². The second-order valence-corrected chi connectivity index (χ2v) is 8.77. The van der Waals surface area contributed by atoms with Crippen LogP contribution >= 0.6 is 11.8 Å². The van der Waals surface area contributed by atoms with Crippen molar-refractivity contribution in [1.29, 1.82) is 0 Å². The molecule has 13 heteroatoms. The first kappa shape index (κ1) is 29.9. The van der Waals surface area contributed by atoms with Gasteiger partial charge in [0.15, 0.2) is 0 Å². The number of thioether (sulfide) groups is 1. The predicted octanol–water partition coefficient (Wildman–Crippen LogP) is -1.89. The van der Waals surface area contributed by atoms with Crippen molar-refractivity contribution in [3.05, 3.63) is 35.9 Å². The molecule has 9 N–H and O–H groups in total. The van der Waals surface area contributed by atoms with Gasteiger partial charge in [-0.25, -0.2) is 4.79 Å². The zero-order valence-electron chi connectivity index (χ0n) is 19.4. The molecule has 4 unspecified atom stereocenters. The second-order valence-electron chi connectivity index (χ2n) is 7.79. The van der Waals surface area contributed by atoms with Crippen LogP contribution in [0.2, 0.25) is 0 Å². The highest BCUT2D eigenvalue weighted by Crippen LogP contribution is 2.07. The lowest BCUT2D eigenvalue weighted by atomic mass is 10.0. The molecule has 0 aliphatic heterocycles. The van der Waals surface area contributed by atoms with Crippen LogP contribution in [0.5, 0.6) is 0 Å². The van der Waals surface area contributed by atoms with E-state index in [1.54, 1.807) is 36.6 Å². The molecule has 1 rings (SSSR count). The Morgan fingerprint density at radius 1 is 0.914 bits per heavy atom. The first-order chi connectivity index (χ1) is 16.6. The fourth-order valence-corrected chi connectivity index (χ4v) is 3.49. The molecule has 0 radical (unpaired) electrons. The summed E-state index contributed by atoms with van der Waals surface area (Å²) in [6, 6.07) is 4.00. The van der Waals surface area contributed by atoms with E-state index in [9.17, 15) is 29.1 Å². The van der Waals surface area contributed by atoms with Crippen LogP contribution in [0.15, 0.2) is 30.3 Å². The molecule has 0 aliphatic carbocycles. The van der Waals surface area contributed by atoms with Crippen molar-refractivity contribution in [3.8, 4) is 0 Å². The molecule has 4 atom stereocenters. The summed E-state index contributed by atoms with van der Waals surface area (Å²) in [6.07, 6.45) is 1.63. The maximum absolute atomic E-state index is 13.1. The van der Waals surface area contributed by atoms with Gasteiger partial charge in [-0.15, -0.1) is 0 Å².